The van der Waals surface area contributed by atoms with Gasteiger partial charge < -0.3 is 20.2 Å². The highest BCUT2D eigenvalue weighted by atomic mass is 32.2. The zero-order valence-corrected chi connectivity index (χ0v) is 14.1. The maximum atomic E-state index is 12.4. The first kappa shape index (κ1) is 17.7. The molecule has 0 saturated heterocycles. The fourth-order valence-corrected chi connectivity index (χ4v) is 3.22. The van der Waals surface area contributed by atoms with Gasteiger partial charge >= 0.3 is 5.97 Å². The number of esters is 1. The third-order valence-electron chi connectivity index (χ3n) is 3.33. The number of primary amides is 1. The summed E-state index contributed by atoms with van der Waals surface area (Å²) in [6, 6.07) is 5.48. The number of thioether (sulfide) groups is 1. The van der Waals surface area contributed by atoms with Crippen LogP contribution in [0.15, 0.2) is 44.7 Å². The van der Waals surface area contributed by atoms with Crippen LogP contribution in [0, 0.1) is 11.3 Å². The highest BCUT2D eigenvalue weighted by Crippen LogP contribution is 2.40. The van der Waals surface area contributed by atoms with E-state index >= 15 is 0 Å². The van der Waals surface area contributed by atoms with Gasteiger partial charge in [-0.1, -0.05) is 11.8 Å². The lowest BCUT2D eigenvalue weighted by Gasteiger charge is -2.27. The highest BCUT2D eigenvalue weighted by Gasteiger charge is 2.37. The molecule has 0 aromatic carbocycles. The number of nitrogens with one attached hydrogen (secondary N) is 1. The molecule has 0 radical (unpaired) electrons. The van der Waals surface area contributed by atoms with Gasteiger partial charge in [-0.3, -0.25) is 4.79 Å². The molecular formula is C16H17N3O4S. The van der Waals surface area contributed by atoms with Crippen LogP contribution in [0.25, 0.3) is 0 Å². The van der Waals surface area contributed by atoms with Crippen LogP contribution in [0.5, 0.6) is 0 Å². The van der Waals surface area contributed by atoms with Crippen molar-refractivity contribution in [3.63, 3.8) is 0 Å². The minimum absolute atomic E-state index is 0.0143. The molecule has 1 unspecified atom stereocenters. The molecule has 2 rings (SSSR count). The van der Waals surface area contributed by atoms with Gasteiger partial charge in [-0.2, -0.15) is 5.26 Å². The van der Waals surface area contributed by atoms with E-state index in [1.165, 1.54) is 6.26 Å². The molecule has 1 aliphatic rings. The molecule has 0 spiro atoms. The van der Waals surface area contributed by atoms with E-state index in [2.05, 4.69) is 11.4 Å². The van der Waals surface area contributed by atoms with Crippen molar-refractivity contribution in [2.75, 3.05) is 12.4 Å². The Morgan fingerprint density at radius 1 is 1.54 bits per heavy atom. The van der Waals surface area contributed by atoms with E-state index in [-0.39, 0.29) is 17.9 Å². The standard InChI is InChI=1S/C16H17N3O4S/c1-3-22-16(21)13-9(2)19-15(24-8-12(18)20)10(7-17)14(13)11-5-4-6-23-11/h4-6,14,19H,3,8H2,1-2H3,(H2,18,20). The Kier molecular flexibility index (Phi) is 5.71. The maximum absolute atomic E-state index is 12.4. The number of carbonyl (C=O) groups is 2. The molecule has 7 nitrogen and oxygen atoms in total. The van der Waals surface area contributed by atoms with Crippen molar-refractivity contribution in [3.05, 3.63) is 46.0 Å². The van der Waals surface area contributed by atoms with E-state index < -0.39 is 17.8 Å². The number of nitrogens with two attached hydrogens (primary N) is 1. The zero-order valence-electron chi connectivity index (χ0n) is 13.3. The Morgan fingerprint density at radius 3 is 2.83 bits per heavy atom. The van der Waals surface area contributed by atoms with Crippen LogP contribution in [-0.2, 0) is 14.3 Å². The first-order valence-corrected chi connectivity index (χ1v) is 8.21. The summed E-state index contributed by atoms with van der Waals surface area (Å²) in [5.74, 6) is -1.25. The summed E-state index contributed by atoms with van der Waals surface area (Å²) in [5.41, 5.74) is 6.31. The number of ether oxygens (including phenoxy) is 1. The fourth-order valence-electron chi connectivity index (χ4n) is 2.39. The number of hydrogen-bond donors (Lipinski definition) is 2. The Hall–Kier alpha value is -2.66. The van der Waals surface area contributed by atoms with Crippen molar-refractivity contribution in [3.8, 4) is 6.07 Å². The van der Waals surface area contributed by atoms with E-state index in [0.29, 0.717) is 22.1 Å². The van der Waals surface area contributed by atoms with Crippen molar-refractivity contribution < 1.29 is 18.7 Å². The molecule has 1 aromatic heterocycles. The predicted molar refractivity (Wildman–Crippen MR) is 88.2 cm³/mol. The van der Waals surface area contributed by atoms with Gasteiger partial charge in [0.1, 0.15) is 5.76 Å². The largest absolute Gasteiger partial charge is 0.468 e. The molecule has 3 N–H and O–H groups in total. The minimum Gasteiger partial charge on any atom is -0.468 e. The topological polar surface area (TPSA) is 118 Å². The van der Waals surface area contributed by atoms with Gasteiger partial charge in [0.2, 0.25) is 5.91 Å². The second kappa shape index (κ2) is 7.75. The molecule has 0 saturated carbocycles. The minimum atomic E-state index is -0.694. The van der Waals surface area contributed by atoms with Gasteiger partial charge in [0.15, 0.2) is 0 Å². The van der Waals surface area contributed by atoms with Crippen LogP contribution in [0.3, 0.4) is 0 Å². The Morgan fingerprint density at radius 2 is 2.29 bits per heavy atom. The number of dihydropyridines is 1. The third kappa shape index (κ3) is 3.63. The highest BCUT2D eigenvalue weighted by molar-refractivity contribution is 8.03. The third-order valence-corrected chi connectivity index (χ3v) is 4.37. The molecule has 0 bridgehead atoms. The van der Waals surface area contributed by atoms with E-state index in [1.54, 1.807) is 26.0 Å². The van der Waals surface area contributed by atoms with Crippen LogP contribution in [0.1, 0.15) is 25.5 Å². The number of carbonyl (C=O) groups excluding carboxylic acids is 2. The normalized spacial score (nSPS) is 17.3. The monoisotopic (exact) mass is 347 g/mol. The molecule has 126 valence electrons. The van der Waals surface area contributed by atoms with Gasteiger partial charge in [-0.15, -0.1) is 0 Å². The van der Waals surface area contributed by atoms with Crippen molar-refractivity contribution in [1.82, 2.24) is 5.32 Å². The Labute approximate surface area is 143 Å². The number of rotatable bonds is 6. The number of allylic oxidation sites excluding steroid dienone is 2. The Bertz CT molecular complexity index is 744. The molecular weight excluding hydrogens is 330 g/mol. The van der Waals surface area contributed by atoms with E-state index in [1.807, 2.05) is 0 Å². The number of nitrogens with zero attached hydrogens (tertiary/aromatic N) is 1. The van der Waals surface area contributed by atoms with Crippen LogP contribution < -0.4 is 11.1 Å². The first-order chi connectivity index (χ1) is 11.5. The molecule has 1 atom stereocenters. The summed E-state index contributed by atoms with van der Waals surface area (Å²) in [5, 5.41) is 13.1. The van der Waals surface area contributed by atoms with Crippen LogP contribution in [0.4, 0.5) is 0 Å². The summed E-state index contributed by atoms with van der Waals surface area (Å²) >= 11 is 1.11. The summed E-state index contributed by atoms with van der Waals surface area (Å²) in [6.45, 7) is 3.64. The van der Waals surface area contributed by atoms with Gasteiger partial charge in [-0.05, 0) is 26.0 Å². The second-order valence-electron chi connectivity index (χ2n) is 4.94. The predicted octanol–water partition coefficient (Wildman–Crippen LogP) is 1.76. The number of amides is 1. The second-order valence-corrected chi connectivity index (χ2v) is 5.93. The molecule has 8 heteroatoms. The lowest BCUT2D eigenvalue weighted by atomic mass is 9.86. The van der Waals surface area contributed by atoms with Crippen LogP contribution >= 0.6 is 11.8 Å². The van der Waals surface area contributed by atoms with Crippen molar-refractivity contribution in [1.29, 1.82) is 5.26 Å². The number of furan rings is 1. The zero-order chi connectivity index (χ0) is 17.7. The first-order valence-electron chi connectivity index (χ1n) is 7.23. The lowest BCUT2D eigenvalue weighted by Crippen LogP contribution is -2.29. The van der Waals surface area contributed by atoms with Gasteiger partial charge in [-0.25, -0.2) is 4.79 Å². The van der Waals surface area contributed by atoms with E-state index in [4.69, 9.17) is 14.9 Å². The van der Waals surface area contributed by atoms with E-state index in [0.717, 1.165) is 11.8 Å². The van der Waals surface area contributed by atoms with Crippen molar-refractivity contribution in [2.45, 2.75) is 19.8 Å². The molecule has 0 fully saturated rings. The molecule has 1 aromatic rings. The Balaban J connectivity index is 2.51. The van der Waals surface area contributed by atoms with Gasteiger partial charge in [0, 0.05) is 5.70 Å². The van der Waals surface area contributed by atoms with Crippen LogP contribution in [0.2, 0.25) is 0 Å². The maximum Gasteiger partial charge on any atom is 0.336 e. The molecule has 0 aliphatic carbocycles. The number of hydrogen-bond acceptors (Lipinski definition) is 7. The summed E-state index contributed by atoms with van der Waals surface area (Å²) in [7, 11) is 0. The molecule has 2 heterocycles. The SMILES string of the molecule is CCOC(=O)C1=C(C)NC(SCC(N)=O)=C(C#N)C1c1ccco1. The number of nitriles is 1. The van der Waals surface area contributed by atoms with Crippen LogP contribution in [-0.4, -0.2) is 24.2 Å². The molecule has 1 amide bonds. The average molecular weight is 347 g/mol. The average Bonchev–Trinajstić information content (AvgIpc) is 3.06. The summed E-state index contributed by atoms with van der Waals surface area (Å²) in [6.07, 6.45) is 1.47. The summed E-state index contributed by atoms with van der Waals surface area (Å²) < 4.78 is 10.5. The molecule has 1 aliphatic heterocycles. The van der Waals surface area contributed by atoms with E-state index in [9.17, 15) is 14.9 Å². The fraction of sp³-hybridized carbons (Fsp3) is 0.312. The summed E-state index contributed by atoms with van der Waals surface area (Å²) in [4.78, 5) is 23.4. The van der Waals surface area contributed by atoms with Gasteiger partial charge in [0.05, 0.1) is 46.8 Å². The van der Waals surface area contributed by atoms with Crippen molar-refractivity contribution in [2.24, 2.45) is 5.73 Å². The van der Waals surface area contributed by atoms with Gasteiger partial charge in [0.25, 0.3) is 0 Å². The quantitative estimate of drug-likeness (QED) is 0.753. The smallest absolute Gasteiger partial charge is 0.336 e. The molecule has 24 heavy (non-hydrogen) atoms. The van der Waals surface area contributed by atoms with Crippen molar-refractivity contribution >= 4 is 23.6 Å². The lowest BCUT2D eigenvalue weighted by molar-refractivity contribution is -0.138.